The predicted molar refractivity (Wildman–Crippen MR) is 115 cm³/mol. The van der Waals surface area contributed by atoms with Crippen LogP contribution in [0.5, 0.6) is 0 Å². The smallest absolute Gasteiger partial charge is 0.118 e. The van der Waals surface area contributed by atoms with Crippen LogP contribution < -0.4 is 5.73 Å². The lowest BCUT2D eigenvalue weighted by molar-refractivity contribution is 0.428. The van der Waals surface area contributed by atoms with Crippen LogP contribution in [0.2, 0.25) is 0 Å². The third kappa shape index (κ3) is 14.0. The van der Waals surface area contributed by atoms with Gasteiger partial charge in [-0.3, -0.25) is 4.99 Å². The van der Waals surface area contributed by atoms with Gasteiger partial charge in [-0.15, -0.1) is 0 Å². The molecule has 0 amide bonds. The van der Waals surface area contributed by atoms with Gasteiger partial charge in [-0.1, -0.05) is 55.9 Å². The summed E-state index contributed by atoms with van der Waals surface area (Å²) in [6.45, 7) is 25.8. The van der Waals surface area contributed by atoms with Gasteiger partial charge in [-0.05, 0) is 66.4 Å². The van der Waals surface area contributed by atoms with Gasteiger partial charge in [0.25, 0.3) is 0 Å². The van der Waals surface area contributed by atoms with E-state index in [2.05, 4.69) is 67.0 Å². The molecule has 0 aliphatic carbocycles. The summed E-state index contributed by atoms with van der Waals surface area (Å²) in [4.78, 5) is 4.56. The van der Waals surface area contributed by atoms with Crippen molar-refractivity contribution >= 4 is 27.4 Å². The zero-order valence-corrected chi connectivity index (χ0v) is 18.8. The Morgan fingerprint density at radius 3 is 1.87 bits per heavy atom. The molecule has 2 nitrogen and oxygen atoms in total. The van der Waals surface area contributed by atoms with Gasteiger partial charge in [-0.25, -0.2) is 0 Å². The molecule has 0 fully saturated rings. The topological polar surface area (TPSA) is 38.4 Å². The zero-order valence-electron chi connectivity index (χ0n) is 17.1. The highest BCUT2D eigenvalue weighted by Gasteiger charge is 2.32. The Hall–Kier alpha value is -0.0900. The van der Waals surface area contributed by atoms with Crippen LogP contribution in [-0.2, 0) is 0 Å². The summed E-state index contributed by atoms with van der Waals surface area (Å²) in [5, 5.41) is 0. The third-order valence-corrected chi connectivity index (χ3v) is 7.15. The molecule has 0 saturated heterocycles. The molecular formula is C19H40N2S2. The first kappa shape index (κ1) is 25.2. The van der Waals surface area contributed by atoms with Crippen molar-refractivity contribution < 1.29 is 0 Å². The van der Waals surface area contributed by atoms with Gasteiger partial charge in [0.2, 0.25) is 0 Å². The van der Waals surface area contributed by atoms with Crippen LogP contribution in [0.15, 0.2) is 17.6 Å². The van der Waals surface area contributed by atoms with Crippen LogP contribution >= 0.6 is 21.6 Å². The van der Waals surface area contributed by atoms with Gasteiger partial charge >= 0.3 is 0 Å². The normalized spacial score (nSPS) is 13.6. The molecule has 0 aromatic carbocycles. The number of amidine groups is 1. The number of hydrogen-bond acceptors (Lipinski definition) is 3. The lowest BCUT2D eigenvalue weighted by atomic mass is 9.93. The molecule has 0 saturated carbocycles. The predicted octanol–water partition coefficient (Wildman–Crippen LogP) is 6.71. The Bertz CT molecular complexity index is 370. The second kappa shape index (κ2) is 10.7. The molecule has 0 atom stereocenters. The van der Waals surface area contributed by atoms with Crippen molar-refractivity contribution in [1.29, 1.82) is 0 Å². The van der Waals surface area contributed by atoms with Gasteiger partial charge in [0, 0.05) is 9.49 Å². The Morgan fingerprint density at radius 1 is 1.04 bits per heavy atom. The molecule has 138 valence electrons. The molecule has 0 unspecified atom stereocenters. The molecule has 0 rings (SSSR count). The summed E-state index contributed by atoms with van der Waals surface area (Å²) in [5.74, 6) is 1.25. The number of aliphatic imine (C=N–C) groups is 1. The van der Waals surface area contributed by atoms with Gasteiger partial charge < -0.3 is 5.73 Å². The Labute approximate surface area is 154 Å². The SMILES string of the molecule is C=CC(N)=NC(C)(C)CC(C)(C)SSC(C)(C)CC(C)C.CC. The van der Waals surface area contributed by atoms with E-state index in [0.717, 1.165) is 12.3 Å². The van der Waals surface area contributed by atoms with E-state index in [4.69, 9.17) is 5.73 Å². The van der Waals surface area contributed by atoms with Crippen LogP contribution in [-0.4, -0.2) is 20.9 Å². The third-order valence-electron chi connectivity index (χ3n) is 2.89. The maximum Gasteiger partial charge on any atom is 0.118 e. The van der Waals surface area contributed by atoms with Crippen molar-refractivity contribution in [2.24, 2.45) is 16.6 Å². The van der Waals surface area contributed by atoms with Crippen molar-refractivity contribution in [3.05, 3.63) is 12.7 Å². The second-order valence-corrected chi connectivity index (χ2v) is 11.6. The molecule has 4 heteroatoms. The summed E-state index contributed by atoms with van der Waals surface area (Å²) < 4.78 is 0.441. The largest absolute Gasteiger partial charge is 0.384 e. The van der Waals surface area contributed by atoms with Crippen LogP contribution in [0.1, 0.15) is 82.1 Å². The second-order valence-electron chi connectivity index (χ2n) is 8.01. The van der Waals surface area contributed by atoms with E-state index in [0.29, 0.717) is 10.6 Å². The molecule has 0 aromatic heterocycles. The summed E-state index contributed by atoms with van der Waals surface area (Å²) in [5.41, 5.74) is 5.63. The van der Waals surface area contributed by atoms with Gasteiger partial charge in [-0.2, -0.15) is 0 Å². The van der Waals surface area contributed by atoms with Crippen molar-refractivity contribution in [2.75, 3.05) is 0 Å². The average molecular weight is 361 g/mol. The minimum atomic E-state index is -0.169. The molecule has 0 radical (unpaired) electrons. The Morgan fingerprint density at radius 2 is 1.48 bits per heavy atom. The van der Waals surface area contributed by atoms with E-state index < -0.39 is 0 Å². The number of nitrogens with two attached hydrogens (primary N) is 1. The zero-order chi connectivity index (χ0) is 18.9. The molecular weight excluding hydrogens is 320 g/mol. The van der Waals surface area contributed by atoms with E-state index >= 15 is 0 Å². The van der Waals surface area contributed by atoms with Crippen LogP contribution in [0.3, 0.4) is 0 Å². The van der Waals surface area contributed by atoms with Crippen LogP contribution in [0.25, 0.3) is 0 Å². The highest BCUT2D eigenvalue weighted by molar-refractivity contribution is 8.77. The lowest BCUT2D eigenvalue weighted by Crippen LogP contribution is -2.31. The monoisotopic (exact) mass is 360 g/mol. The van der Waals surface area contributed by atoms with E-state index in [1.807, 2.05) is 35.4 Å². The van der Waals surface area contributed by atoms with E-state index in [1.165, 1.54) is 6.42 Å². The molecule has 0 spiro atoms. The standard InChI is InChI=1S/C17H34N2S2.C2H6/c1-10-14(18)19-15(4,5)12-17(8,9)21-20-16(6,7)11-13(2)3;1-2/h10,13H,1,11-12H2,2-9H3,(H2,18,19);1-2H3. The first-order chi connectivity index (χ1) is 10.3. The number of hydrogen-bond donors (Lipinski definition) is 1. The van der Waals surface area contributed by atoms with Crippen LogP contribution in [0, 0.1) is 5.92 Å². The quantitative estimate of drug-likeness (QED) is 0.282. The number of rotatable bonds is 9. The molecule has 0 bridgehead atoms. The number of nitrogens with zero attached hydrogens (tertiary/aromatic N) is 1. The Kier molecular flexibility index (Phi) is 11.7. The summed E-state index contributed by atoms with van der Waals surface area (Å²) in [6, 6.07) is 0. The highest BCUT2D eigenvalue weighted by atomic mass is 33.1. The fourth-order valence-corrected chi connectivity index (χ4v) is 5.75. The fraction of sp³-hybridized carbons (Fsp3) is 0.842. The van der Waals surface area contributed by atoms with Gasteiger partial charge in [0.1, 0.15) is 5.84 Å². The lowest BCUT2D eigenvalue weighted by Gasteiger charge is -2.35. The van der Waals surface area contributed by atoms with Crippen molar-refractivity contribution in [3.63, 3.8) is 0 Å². The molecule has 2 N–H and O–H groups in total. The maximum atomic E-state index is 5.80. The van der Waals surface area contributed by atoms with Gasteiger partial charge in [0.15, 0.2) is 0 Å². The molecule has 23 heavy (non-hydrogen) atoms. The molecule has 0 aliphatic heterocycles. The van der Waals surface area contributed by atoms with E-state index in [1.54, 1.807) is 6.08 Å². The van der Waals surface area contributed by atoms with Crippen molar-refractivity contribution in [2.45, 2.75) is 97.1 Å². The first-order valence-corrected chi connectivity index (χ1v) is 10.8. The summed E-state index contributed by atoms with van der Waals surface area (Å²) >= 11 is 0. The minimum absolute atomic E-state index is 0.146. The first-order valence-electron chi connectivity index (χ1n) is 8.63. The summed E-state index contributed by atoms with van der Waals surface area (Å²) in [7, 11) is 3.97. The average Bonchev–Trinajstić information content (AvgIpc) is 2.35. The highest BCUT2D eigenvalue weighted by Crippen LogP contribution is 2.48. The van der Waals surface area contributed by atoms with Crippen molar-refractivity contribution in [1.82, 2.24) is 0 Å². The van der Waals surface area contributed by atoms with E-state index in [-0.39, 0.29) is 10.3 Å². The van der Waals surface area contributed by atoms with Crippen LogP contribution in [0.4, 0.5) is 0 Å². The maximum absolute atomic E-state index is 5.80. The molecule has 0 heterocycles. The molecule has 0 aromatic rings. The van der Waals surface area contributed by atoms with E-state index in [9.17, 15) is 0 Å². The Balaban J connectivity index is 0. The minimum Gasteiger partial charge on any atom is -0.384 e. The fourth-order valence-electron chi connectivity index (χ4n) is 2.75. The molecule has 0 aliphatic rings. The van der Waals surface area contributed by atoms with Crippen molar-refractivity contribution in [3.8, 4) is 0 Å². The summed E-state index contributed by atoms with van der Waals surface area (Å²) in [6.07, 6.45) is 3.82. The van der Waals surface area contributed by atoms with Gasteiger partial charge in [0.05, 0.1) is 5.54 Å².